The van der Waals surface area contributed by atoms with Gasteiger partial charge in [-0.15, -0.1) is 0 Å². The van der Waals surface area contributed by atoms with E-state index >= 15 is 0 Å². The van der Waals surface area contributed by atoms with Crippen molar-refractivity contribution in [3.63, 3.8) is 0 Å². The summed E-state index contributed by atoms with van der Waals surface area (Å²) in [5.74, 6) is -1.11. The van der Waals surface area contributed by atoms with Gasteiger partial charge in [-0.3, -0.25) is 4.79 Å². The van der Waals surface area contributed by atoms with Crippen LogP contribution < -0.4 is 10.1 Å². The van der Waals surface area contributed by atoms with E-state index in [-0.39, 0.29) is 27.8 Å². The summed E-state index contributed by atoms with van der Waals surface area (Å²) in [4.78, 5) is 23.0. The minimum Gasteiger partial charge on any atom is -0.481 e. The van der Waals surface area contributed by atoms with Crippen molar-refractivity contribution in [1.29, 1.82) is 0 Å². The van der Waals surface area contributed by atoms with Gasteiger partial charge in [0.15, 0.2) is 6.10 Å². The third kappa shape index (κ3) is 4.93. The summed E-state index contributed by atoms with van der Waals surface area (Å²) in [5.41, 5.74) is -0.378. The largest absolute Gasteiger partial charge is 0.481 e. The fourth-order valence-corrected chi connectivity index (χ4v) is 1.72. The van der Waals surface area contributed by atoms with Gasteiger partial charge in [0.1, 0.15) is 5.75 Å². The first-order valence-corrected chi connectivity index (χ1v) is 7.05. The molecule has 0 aromatic heterocycles. The van der Waals surface area contributed by atoms with Crippen molar-refractivity contribution in [2.45, 2.75) is 45.8 Å². The number of carboxylic acid groups (broad SMARTS) is 1. The van der Waals surface area contributed by atoms with Crippen LogP contribution in [0.4, 0.5) is 0 Å². The molecule has 5 nitrogen and oxygen atoms in total. The van der Waals surface area contributed by atoms with E-state index in [1.807, 2.05) is 20.8 Å². The zero-order chi connectivity index (χ0) is 16.2. The molecule has 1 aromatic carbocycles. The summed E-state index contributed by atoms with van der Waals surface area (Å²) in [6.45, 7) is 7.42. The van der Waals surface area contributed by atoms with Gasteiger partial charge in [-0.1, -0.05) is 18.5 Å². The van der Waals surface area contributed by atoms with Crippen molar-refractivity contribution in [3.05, 3.63) is 28.8 Å². The molecule has 2 N–H and O–H groups in total. The summed E-state index contributed by atoms with van der Waals surface area (Å²) in [5, 5.41) is 12.0. The van der Waals surface area contributed by atoms with Gasteiger partial charge in [-0.05, 0) is 45.4 Å². The Morgan fingerprint density at radius 2 is 2.05 bits per heavy atom. The summed E-state index contributed by atoms with van der Waals surface area (Å²) in [7, 11) is 0. The second-order valence-electron chi connectivity index (χ2n) is 5.43. The zero-order valence-corrected chi connectivity index (χ0v) is 13.3. The lowest BCUT2D eigenvalue weighted by atomic mass is 10.0. The Kier molecular flexibility index (Phi) is 5.61. The molecule has 0 radical (unpaired) electrons. The van der Waals surface area contributed by atoms with Gasteiger partial charge in [0, 0.05) is 5.54 Å². The average Bonchev–Trinajstić information content (AvgIpc) is 2.40. The molecule has 1 rings (SSSR count). The third-order valence-corrected chi connectivity index (χ3v) is 3.53. The Balaban J connectivity index is 2.79. The molecule has 116 valence electrons. The van der Waals surface area contributed by atoms with Crippen LogP contribution in [0.25, 0.3) is 0 Å². The number of hydrogen-bond donors (Lipinski definition) is 2. The summed E-state index contributed by atoms with van der Waals surface area (Å²) in [6, 6.07) is 4.27. The average molecular weight is 314 g/mol. The smallest absolute Gasteiger partial charge is 0.337 e. The predicted molar refractivity (Wildman–Crippen MR) is 81.0 cm³/mol. The van der Waals surface area contributed by atoms with Crippen LogP contribution in [-0.4, -0.2) is 28.6 Å². The topological polar surface area (TPSA) is 75.6 Å². The highest BCUT2D eigenvalue weighted by Gasteiger charge is 2.23. The molecule has 1 unspecified atom stereocenters. The van der Waals surface area contributed by atoms with E-state index < -0.39 is 12.1 Å². The van der Waals surface area contributed by atoms with E-state index in [9.17, 15) is 9.59 Å². The highest BCUT2D eigenvalue weighted by Crippen LogP contribution is 2.23. The number of aromatic carboxylic acids is 1. The number of amides is 1. The van der Waals surface area contributed by atoms with Gasteiger partial charge >= 0.3 is 5.97 Å². The Hall–Kier alpha value is -1.75. The maximum atomic E-state index is 12.0. The molecule has 0 heterocycles. The quantitative estimate of drug-likeness (QED) is 0.846. The maximum absolute atomic E-state index is 12.0. The Bertz CT molecular complexity index is 542. The first-order valence-electron chi connectivity index (χ1n) is 6.68. The molecule has 0 aliphatic carbocycles. The molecule has 21 heavy (non-hydrogen) atoms. The molecule has 0 fully saturated rings. The number of rotatable bonds is 6. The second-order valence-corrected chi connectivity index (χ2v) is 5.84. The number of carboxylic acids is 1. The molecule has 0 aliphatic rings. The lowest BCUT2D eigenvalue weighted by Crippen LogP contribution is -2.48. The van der Waals surface area contributed by atoms with Gasteiger partial charge in [-0.2, -0.15) is 0 Å². The summed E-state index contributed by atoms with van der Waals surface area (Å²) < 4.78 is 5.48. The van der Waals surface area contributed by atoms with E-state index in [1.165, 1.54) is 18.2 Å². The monoisotopic (exact) mass is 313 g/mol. The second kappa shape index (κ2) is 6.80. The SMILES string of the molecule is CCC(C)(C)NC(=O)C(C)Oc1ccc(Cl)c(C(=O)O)c1. The third-order valence-electron chi connectivity index (χ3n) is 3.20. The van der Waals surface area contributed by atoms with Crippen molar-refractivity contribution in [1.82, 2.24) is 5.32 Å². The van der Waals surface area contributed by atoms with Gasteiger partial charge < -0.3 is 15.2 Å². The Morgan fingerprint density at radius 3 is 2.57 bits per heavy atom. The molecule has 0 bridgehead atoms. The Labute approximate surface area is 129 Å². The number of carbonyl (C=O) groups is 2. The first-order chi connectivity index (χ1) is 9.66. The standard InChI is InChI=1S/C15H20ClNO4/c1-5-15(3,4)17-13(18)9(2)21-10-6-7-12(16)11(8-10)14(19)20/h6-9H,5H2,1-4H3,(H,17,18)(H,19,20). The van der Waals surface area contributed by atoms with Gasteiger partial charge in [0.2, 0.25) is 0 Å². The van der Waals surface area contributed by atoms with E-state index in [4.69, 9.17) is 21.4 Å². The first kappa shape index (κ1) is 17.3. The molecular weight excluding hydrogens is 294 g/mol. The van der Waals surface area contributed by atoms with Crippen molar-refractivity contribution < 1.29 is 19.4 Å². The number of carbonyl (C=O) groups excluding carboxylic acids is 1. The number of nitrogens with one attached hydrogen (secondary N) is 1. The number of benzene rings is 1. The van der Waals surface area contributed by atoms with Crippen LogP contribution in [0.5, 0.6) is 5.75 Å². The molecule has 0 aliphatic heterocycles. The van der Waals surface area contributed by atoms with Crippen molar-refractivity contribution in [2.24, 2.45) is 0 Å². The lowest BCUT2D eigenvalue weighted by molar-refractivity contribution is -0.128. The van der Waals surface area contributed by atoms with Gasteiger partial charge in [0.25, 0.3) is 5.91 Å². The number of hydrogen-bond acceptors (Lipinski definition) is 3. The van der Waals surface area contributed by atoms with Gasteiger partial charge in [0.05, 0.1) is 10.6 Å². The molecule has 0 saturated heterocycles. The van der Waals surface area contributed by atoms with E-state index in [0.717, 1.165) is 6.42 Å². The molecule has 0 spiro atoms. The van der Waals surface area contributed by atoms with E-state index in [0.29, 0.717) is 0 Å². The van der Waals surface area contributed by atoms with Crippen LogP contribution in [0, 0.1) is 0 Å². The van der Waals surface area contributed by atoms with Crippen molar-refractivity contribution in [3.8, 4) is 5.75 Å². The molecule has 1 amide bonds. The Morgan fingerprint density at radius 1 is 1.43 bits per heavy atom. The van der Waals surface area contributed by atoms with Crippen LogP contribution >= 0.6 is 11.6 Å². The van der Waals surface area contributed by atoms with Crippen LogP contribution in [0.2, 0.25) is 5.02 Å². The number of halogens is 1. The molecular formula is C15H20ClNO4. The zero-order valence-electron chi connectivity index (χ0n) is 12.6. The fraction of sp³-hybridized carbons (Fsp3) is 0.467. The summed E-state index contributed by atoms with van der Waals surface area (Å²) in [6.07, 6.45) is 0.0499. The van der Waals surface area contributed by atoms with Crippen LogP contribution in [0.15, 0.2) is 18.2 Å². The number of ether oxygens (including phenoxy) is 1. The summed E-state index contributed by atoms with van der Waals surface area (Å²) >= 11 is 5.78. The minimum absolute atomic E-state index is 0.0596. The van der Waals surface area contributed by atoms with Gasteiger partial charge in [-0.25, -0.2) is 4.79 Å². The molecule has 6 heteroatoms. The van der Waals surface area contributed by atoms with Crippen LogP contribution in [0.3, 0.4) is 0 Å². The van der Waals surface area contributed by atoms with E-state index in [2.05, 4.69) is 5.32 Å². The lowest BCUT2D eigenvalue weighted by Gasteiger charge is -2.26. The highest BCUT2D eigenvalue weighted by molar-refractivity contribution is 6.33. The maximum Gasteiger partial charge on any atom is 0.337 e. The van der Waals surface area contributed by atoms with Crippen LogP contribution in [0.1, 0.15) is 44.5 Å². The fourth-order valence-electron chi connectivity index (χ4n) is 1.52. The molecule has 1 atom stereocenters. The molecule has 1 aromatic rings. The van der Waals surface area contributed by atoms with Crippen LogP contribution in [-0.2, 0) is 4.79 Å². The minimum atomic E-state index is -1.14. The molecule has 0 saturated carbocycles. The highest BCUT2D eigenvalue weighted by atomic mass is 35.5. The normalized spacial score (nSPS) is 12.6. The van der Waals surface area contributed by atoms with E-state index in [1.54, 1.807) is 6.92 Å². The predicted octanol–water partition coefficient (Wildman–Crippen LogP) is 3.11. The van der Waals surface area contributed by atoms with Crippen molar-refractivity contribution in [2.75, 3.05) is 0 Å². The van der Waals surface area contributed by atoms with Crippen molar-refractivity contribution >= 4 is 23.5 Å².